The van der Waals surface area contributed by atoms with Gasteiger partial charge in [0.2, 0.25) is 0 Å². The number of nitrogens with zero attached hydrogens (tertiary/aromatic N) is 1. The highest BCUT2D eigenvalue weighted by molar-refractivity contribution is 6.42. The highest BCUT2D eigenvalue weighted by Crippen LogP contribution is 2.39. The van der Waals surface area contributed by atoms with Crippen LogP contribution in [0.4, 0.5) is 11.4 Å². The van der Waals surface area contributed by atoms with Crippen LogP contribution in [0.5, 0.6) is 11.5 Å². The van der Waals surface area contributed by atoms with Crippen LogP contribution in [0.1, 0.15) is 27.6 Å². The largest absolute Gasteiger partial charge is 0.454 e. The van der Waals surface area contributed by atoms with Crippen molar-refractivity contribution in [2.24, 2.45) is 0 Å². The first-order chi connectivity index (χ1) is 14.0. The molecule has 146 valence electrons. The molecule has 0 radical (unpaired) electrons. The number of hydrogen-bond donors (Lipinski definition) is 1. The van der Waals surface area contributed by atoms with E-state index >= 15 is 0 Å². The van der Waals surface area contributed by atoms with Gasteiger partial charge in [-0.2, -0.15) is 0 Å². The summed E-state index contributed by atoms with van der Waals surface area (Å²) in [4.78, 5) is 27.3. The summed E-state index contributed by atoms with van der Waals surface area (Å²) in [7, 11) is 0. The molecular weight excluding hydrogens is 411 g/mol. The predicted molar refractivity (Wildman–Crippen MR) is 115 cm³/mol. The van der Waals surface area contributed by atoms with Gasteiger partial charge < -0.3 is 15.0 Å². The van der Waals surface area contributed by atoms with Crippen LogP contribution < -0.4 is 15.0 Å². The Morgan fingerprint density at radius 1 is 1.00 bits per heavy atom. The lowest BCUT2D eigenvalue weighted by Crippen LogP contribution is -2.29. The number of nitrogens with one attached hydrogen (secondary N) is 1. The van der Waals surface area contributed by atoms with E-state index in [4.69, 9.17) is 27.9 Å². The van der Waals surface area contributed by atoms with Gasteiger partial charge in [0.1, 0.15) is 5.75 Å². The highest BCUT2D eigenvalue weighted by Gasteiger charge is 2.27. The van der Waals surface area contributed by atoms with Crippen molar-refractivity contribution >= 4 is 46.4 Å². The quantitative estimate of drug-likeness (QED) is 0.556. The standard InChI is InChI=1S/C22H16Cl2N2O3/c1-2-26-18-5-3-4-6-20(18)29-19-10-8-14(12-15(19)22(26)28)25-21(27)13-7-9-16(23)17(24)11-13/h3-12H,2H2,1H3,(H,25,27). The molecule has 7 heteroatoms. The van der Waals surface area contributed by atoms with Crippen LogP contribution >= 0.6 is 23.2 Å². The number of amides is 2. The molecular formula is C22H16Cl2N2O3. The Morgan fingerprint density at radius 3 is 2.55 bits per heavy atom. The molecule has 1 N–H and O–H groups in total. The van der Waals surface area contributed by atoms with Gasteiger partial charge in [0.15, 0.2) is 5.75 Å². The van der Waals surface area contributed by atoms with Crippen molar-refractivity contribution < 1.29 is 14.3 Å². The predicted octanol–water partition coefficient (Wildman–Crippen LogP) is 6.02. The van der Waals surface area contributed by atoms with Crippen molar-refractivity contribution in [3.05, 3.63) is 81.8 Å². The van der Waals surface area contributed by atoms with Gasteiger partial charge in [-0.05, 0) is 55.5 Å². The lowest BCUT2D eigenvalue weighted by molar-refractivity contribution is 0.0985. The summed E-state index contributed by atoms with van der Waals surface area (Å²) < 4.78 is 5.97. The third-order valence-corrected chi connectivity index (χ3v) is 5.33. The van der Waals surface area contributed by atoms with Gasteiger partial charge in [-0.25, -0.2) is 0 Å². The fourth-order valence-corrected chi connectivity index (χ4v) is 3.46. The molecule has 1 aliphatic rings. The van der Waals surface area contributed by atoms with Crippen LogP contribution in [0.25, 0.3) is 0 Å². The van der Waals surface area contributed by atoms with Gasteiger partial charge >= 0.3 is 0 Å². The lowest BCUT2D eigenvalue weighted by Gasteiger charge is -2.19. The molecule has 0 bridgehead atoms. The van der Waals surface area contributed by atoms with E-state index < -0.39 is 0 Å². The minimum Gasteiger partial charge on any atom is -0.454 e. The number of rotatable bonds is 3. The zero-order valence-electron chi connectivity index (χ0n) is 15.4. The number of benzene rings is 3. The molecule has 2 amide bonds. The molecule has 0 spiro atoms. The van der Waals surface area contributed by atoms with Crippen molar-refractivity contribution in [1.82, 2.24) is 0 Å². The van der Waals surface area contributed by atoms with Crippen LogP contribution in [0.3, 0.4) is 0 Å². The molecule has 3 aromatic carbocycles. The minimum atomic E-state index is -0.360. The maximum atomic E-state index is 13.1. The molecule has 0 saturated heterocycles. The van der Waals surface area contributed by atoms with Crippen molar-refractivity contribution in [3.8, 4) is 11.5 Å². The fraction of sp³-hybridized carbons (Fsp3) is 0.0909. The first-order valence-electron chi connectivity index (χ1n) is 8.97. The van der Waals surface area contributed by atoms with E-state index in [1.807, 2.05) is 31.2 Å². The molecule has 3 aromatic rings. The Morgan fingerprint density at radius 2 is 1.79 bits per heavy atom. The molecule has 0 aliphatic carbocycles. The van der Waals surface area contributed by atoms with Crippen molar-refractivity contribution in [3.63, 3.8) is 0 Å². The molecule has 1 aliphatic heterocycles. The normalized spacial score (nSPS) is 12.5. The van der Waals surface area contributed by atoms with E-state index in [0.717, 1.165) is 0 Å². The molecule has 4 rings (SSSR count). The number of halogens is 2. The minimum absolute atomic E-state index is 0.196. The second kappa shape index (κ2) is 7.78. The van der Waals surface area contributed by atoms with E-state index in [1.165, 1.54) is 6.07 Å². The smallest absolute Gasteiger partial charge is 0.262 e. The number of carbonyl (C=O) groups excluding carboxylic acids is 2. The first kappa shape index (κ1) is 19.3. The van der Waals surface area contributed by atoms with E-state index in [2.05, 4.69) is 5.32 Å². The molecule has 0 atom stereocenters. The van der Waals surface area contributed by atoms with Gasteiger partial charge in [0.05, 0.1) is 21.3 Å². The second-order valence-corrected chi connectivity index (χ2v) is 7.23. The van der Waals surface area contributed by atoms with E-state index in [0.29, 0.717) is 50.6 Å². The van der Waals surface area contributed by atoms with Crippen molar-refractivity contribution in [2.75, 3.05) is 16.8 Å². The summed E-state index contributed by atoms with van der Waals surface area (Å²) in [6.45, 7) is 2.38. The van der Waals surface area contributed by atoms with E-state index in [-0.39, 0.29) is 11.8 Å². The summed E-state index contributed by atoms with van der Waals surface area (Å²) in [5, 5.41) is 3.45. The Balaban J connectivity index is 1.67. The van der Waals surface area contributed by atoms with E-state index in [1.54, 1.807) is 35.2 Å². The number of fused-ring (bicyclic) bond motifs is 2. The summed E-state index contributed by atoms with van der Waals surface area (Å²) in [5.41, 5.74) is 1.91. The van der Waals surface area contributed by atoms with Crippen LogP contribution in [-0.2, 0) is 0 Å². The fourth-order valence-electron chi connectivity index (χ4n) is 3.16. The topological polar surface area (TPSA) is 58.6 Å². The molecule has 0 aromatic heterocycles. The molecule has 29 heavy (non-hydrogen) atoms. The number of carbonyl (C=O) groups is 2. The summed E-state index contributed by atoms with van der Waals surface area (Å²) in [6, 6.07) is 17.0. The molecule has 5 nitrogen and oxygen atoms in total. The number of anilines is 2. The summed E-state index contributed by atoms with van der Waals surface area (Å²) in [6.07, 6.45) is 0. The average Bonchev–Trinajstić information content (AvgIpc) is 2.83. The third kappa shape index (κ3) is 3.67. The lowest BCUT2D eigenvalue weighted by atomic mass is 10.1. The van der Waals surface area contributed by atoms with Gasteiger partial charge in [0, 0.05) is 17.8 Å². The number of hydrogen-bond acceptors (Lipinski definition) is 3. The van der Waals surface area contributed by atoms with Gasteiger partial charge in [-0.1, -0.05) is 35.3 Å². The monoisotopic (exact) mass is 426 g/mol. The maximum Gasteiger partial charge on any atom is 0.262 e. The van der Waals surface area contributed by atoms with Crippen LogP contribution in [0.2, 0.25) is 10.0 Å². The second-order valence-electron chi connectivity index (χ2n) is 6.41. The molecule has 0 unspecified atom stereocenters. The number of ether oxygens (including phenoxy) is 1. The van der Waals surface area contributed by atoms with Crippen LogP contribution in [0.15, 0.2) is 60.7 Å². The SMILES string of the molecule is CCN1C(=O)c2cc(NC(=O)c3ccc(Cl)c(Cl)c3)ccc2Oc2ccccc21. The average molecular weight is 427 g/mol. The van der Waals surface area contributed by atoms with Gasteiger partial charge in [0.25, 0.3) is 11.8 Å². The first-order valence-corrected chi connectivity index (χ1v) is 9.72. The molecule has 0 fully saturated rings. The summed E-state index contributed by atoms with van der Waals surface area (Å²) >= 11 is 11.9. The van der Waals surface area contributed by atoms with Crippen molar-refractivity contribution in [1.29, 1.82) is 0 Å². The highest BCUT2D eigenvalue weighted by atomic mass is 35.5. The van der Waals surface area contributed by atoms with Crippen molar-refractivity contribution in [2.45, 2.75) is 6.92 Å². The Bertz CT molecular complexity index is 1130. The number of para-hydroxylation sites is 2. The molecule has 1 heterocycles. The third-order valence-electron chi connectivity index (χ3n) is 4.59. The van der Waals surface area contributed by atoms with E-state index in [9.17, 15) is 9.59 Å². The molecule has 0 saturated carbocycles. The Kier molecular flexibility index (Phi) is 5.18. The van der Waals surface area contributed by atoms with Gasteiger partial charge in [-0.15, -0.1) is 0 Å². The zero-order valence-corrected chi connectivity index (χ0v) is 16.9. The Hall–Kier alpha value is -3.02. The van der Waals surface area contributed by atoms with Crippen LogP contribution in [0, 0.1) is 0 Å². The van der Waals surface area contributed by atoms with Gasteiger partial charge in [-0.3, -0.25) is 9.59 Å². The van der Waals surface area contributed by atoms with Crippen LogP contribution in [-0.4, -0.2) is 18.4 Å². The summed E-state index contributed by atoms with van der Waals surface area (Å²) in [5.74, 6) is 0.485. The zero-order chi connectivity index (χ0) is 20.5. The Labute approximate surface area is 177 Å². The maximum absolute atomic E-state index is 13.1.